The molecule has 1 amide bonds. The number of carbonyl (C=O) groups is 1. The first-order valence-electron chi connectivity index (χ1n) is 11.4. The van der Waals surface area contributed by atoms with E-state index >= 15 is 0 Å². The van der Waals surface area contributed by atoms with Crippen LogP contribution < -0.4 is 20.7 Å². The van der Waals surface area contributed by atoms with Crippen LogP contribution in [0.5, 0.6) is 5.88 Å². The maximum atomic E-state index is 14.6. The van der Waals surface area contributed by atoms with Gasteiger partial charge in [-0.2, -0.15) is 0 Å². The predicted molar refractivity (Wildman–Crippen MR) is 128 cm³/mol. The number of aliphatic hydroxyl groups is 1. The number of aromatic nitrogens is 4. The van der Waals surface area contributed by atoms with Gasteiger partial charge in [0.2, 0.25) is 11.8 Å². The Labute approximate surface area is 205 Å². The molecule has 3 aromatic rings. The largest absolute Gasteiger partial charge is 0.481 e. The van der Waals surface area contributed by atoms with Crippen LogP contribution in [0, 0.1) is 11.7 Å². The molecule has 10 nitrogen and oxygen atoms in total. The Morgan fingerprint density at radius 3 is 2.97 bits per heavy atom. The number of hydrogen-bond donors (Lipinski definition) is 4. The molecule has 0 spiro atoms. The van der Waals surface area contributed by atoms with E-state index in [1.165, 1.54) is 25.1 Å². The number of thioether (sulfide) groups is 1. The number of anilines is 1. The maximum Gasteiger partial charge on any atom is 0.236 e. The van der Waals surface area contributed by atoms with Gasteiger partial charge in [-0.15, -0.1) is 0 Å². The normalized spacial score (nSPS) is 21.7. The smallest absolute Gasteiger partial charge is 0.236 e. The van der Waals surface area contributed by atoms with Crippen molar-refractivity contribution in [3.8, 4) is 5.88 Å². The summed E-state index contributed by atoms with van der Waals surface area (Å²) in [7, 11) is 1.51. The van der Waals surface area contributed by atoms with Crippen molar-refractivity contribution < 1.29 is 19.0 Å². The molecule has 3 aromatic heterocycles. The number of ether oxygens (including phenoxy) is 1. The van der Waals surface area contributed by atoms with Crippen LogP contribution in [-0.4, -0.2) is 62.5 Å². The molecule has 3 atom stereocenters. The first kappa shape index (κ1) is 23.8. The van der Waals surface area contributed by atoms with E-state index in [0.29, 0.717) is 47.1 Å². The van der Waals surface area contributed by atoms with Crippen LogP contribution in [0.1, 0.15) is 24.1 Å². The predicted octanol–water partition coefficient (Wildman–Crippen LogP) is 1.63. The summed E-state index contributed by atoms with van der Waals surface area (Å²) in [6.07, 6.45) is 3.92. The number of halogens is 1. The number of rotatable bonds is 8. The quantitative estimate of drug-likeness (QED) is 0.362. The zero-order chi connectivity index (χ0) is 24.4. The molecule has 0 radical (unpaired) electrons. The molecule has 5 rings (SSSR count). The second-order valence-electron chi connectivity index (χ2n) is 8.60. The summed E-state index contributed by atoms with van der Waals surface area (Å²) in [5.41, 5.74) is 2.15. The maximum absolute atomic E-state index is 14.6. The van der Waals surface area contributed by atoms with Crippen molar-refractivity contribution in [1.29, 1.82) is 0 Å². The van der Waals surface area contributed by atoms with E-state index in [-0.39, 0.29) is 24.4 Å². The molecule has 0 unspecified atom stereocenters. The van der Waals surface area contributed by atoms with Crippen LogP contribution in [0.3, 0.4) is 0 Å². The van der Waals surface area contributed by atoms with Crippen molar-refractivity contribution in [2.24, 2.45) is 5.92 Å². The van der Waals surface area contributed by atoms with Crippen LogP contribution in [0.4, 0.5) is 10.2 Å². The highest BCUT2D eigenvalue weighted by atomic mass is 32.2. The highest BCUT2D eigenvalue weighted by Gasteiger charge is 2.34. The minimum atomic E-state index is -0.577. The summed E-state index contributed by atoms with van der Waals surface area (Å²) in [6, 6.07) is 3.27. The second kappa shape index (κ2) is 10.4. The van der Waals surface area contributed by atoms with Crippen molar-refractivity contribution in [2.45, 2.75) is 43.1 Å². The van der Waals surface area contributed by atoms with Gasteiger partial charge >= 0.3 is 0 Å². The van der Waals surface area contributed by atoms with Gasteiger partial charge in [0.15, 0.2) is 5.82 Å². The number of methoxy groups -OCH3 is 1. The van der Waals surface area contributed by atoms with Gasteiger partial charge in [-0.25, -0.2) is 19.3 Å². The van der Waals surface area contributed by atoms with E-state index in [2.05, 4.69) is 35.9 Å². The number of pyridine rings is 2. The van der Waals surface area contributed by atoms with Crippen molar-refractivity contribution in [1.82, 2.24) is 30.6 Å². The van der Waals surface area contributed by atoms with Crippen molar-refractivity contribution >= 4 is 34.5 Å². The number of fused-ring (bicyclic) bond motifs is 2. The van der Waals surface area contributed by atoms with E-state index in [0.717, 1.165) is 23.6 Å². The Bertz CT molecular complexity index is 1250. The number of amides is 1. The number of carbonyl (C=O) groups excluding carboxylic acids is 1. The lowest BCUT2D eigenvalue weighted by Crippen LogP contribution is -2.40. The third-order valence-corrected chi connectivity index (χ3v) is 7.31. The SMILES string of the molecule is COc1ccc2ncc(F)c(CN[C@H]3CC[C@@H](CNCc4cnc5c(n4)NC(=O)CS5)[C@@H]3O)c2n1. The van der Waals surface area contributed by atoms with Crippen LogP contribution in [-0.2, 0) is 17.9 Å². The molecule has 1 aliphatic carbocycles. The van der Waals surface area contributed by atoms with E-state index in [9.17, 15) is 14.3 Å². The fourth-order valence-corrected chi connectivity index (χ4v) is 5.18. The van der Waals surface area contributed by atoms with Gasteiger partial charge in [0.25, 0.3) is 0 Å². The Hall–Kier alpha value is -2.93. The summed E-state index contributed by atoms with van der Waals surface area (Å²) in [4.78, 5) is 28.9. The van der Waals surface area contributed by atoms with Gasteiger partial charge in [0.05, 0.1) is 42.6 Å². The Morgan fingerprint density at radius 1 is 1.23 bits per heavy atom. The molecule has 2 aliphatic rings. The Balaban J connectivity index is 1.16. The fourth-order valence-electron chi connectivity index (χ4n) is 4.48. The van der Waals surface area contributed by atoms with E-state index in [1.807, 2.05) is 0 Å². The van der Waals surface area contributed by atoms with E-state index in [1.54, 1.807) is 18.3 Å². The molecular formula is C23H26FN7O3S. The highest BCUT2D eigenvalue weighted by molar-refractivity contribution is 8.00. The first-order chi connectivity index (χ1) is 17.0. The standard InChI is InChI=1S/C23H26FN7O3S/c1-34-19-5-4-16-20(31-19)14(15(24)10-27-16)9-26-17-3-2-12(21(17)33)6-25-7-13-8-28-23-22(29-13)30-18(32)11-35-23/h4-5,8,10,12,17,21,25-26,33H,2-3,6-7,9,11H2,1H3,(H,29,30,32)/t12-,17-,21-/m0/s1. The lowest BCUT2D eigenvalue weighted by molar-refractivity contribution is -0.113. The Kier molecular flexibility index (Phi) is 7.04. The molecule has 1 fully saturated rings. The fraction of sp³-hybridized carbons (Fsp3) is 0.435. The average Bonchev–Trinajstić information content (AvgIpc) is 3.22. The molecule has 4 N–H and O–H groups in total. The minimum Gasteiger partial charge on any atom is -0.481 e. The van der Waals surface area contributed by atoms with Crippen LogP contribution in [0.15, 0.2) is 29.6 Å². The van der Waals surface area contributed by atoms with Crippen molar-refractivity contribution in [3.05, 3.63) is 41.6 Å². The zero-order valence-electron chi connectivity index (χ0n) is 19.1. The van der Waals surface area contributed by atoms with Gasteiger partial charge < -0.3 is 25.8 Å². The third kappa shape index (κ3) is 5.20. The Morgan fingerprint density at radius 2 is 2.11 bits per heavy atom. The zero-order valence-corrected chi connectivity index (χ0v) is 19.9. The summed E-state index contributed by atoms with van der Waals surface area (Å²) < 4.78 is 19.7. The lowest BCUT2D eigenvalue weighted by Gasteiger charge is -2.21. The first-order valence-corrected chi connectivity index (χ1v) is 12.4. The molecule has 1 aliphatic heterocycles. The molecule has 184 valence electrons. The summed E-state index contributed by atoms with van der Waals surface area (Å²) >= 11 is 1.37. The van der Waals surface area contributed by atoms with Gasteiger partial charge in [0, 0.05) is 37.3 Å². The molecule has 35 heavy (non-hydrogen) atoms. The van der Waals surface area contributed by atoms with Gasteiger partial charge in [0.1, 0.15) is 16.4 Å². The van der Waals surface area contributed by atoms with Gasteiger partial charge in [-0.3, -0.25) is 9.78 Å². The lowest BCUT2D eigenvalue weighted by atomic mass is 10.0. The second-order valence-corrected chi connectivity index (χ2v) is 9.57. The van der Waals surface area contributed by atoms with Crippen LogP contribution >= 0.6 is 11.8 Å². The number of hydrogen-bond acceptors (Lipinski definition) is 10. The summed E-state index contributed by atoms with van der Waals surface area (Å²) in [5, 5.41) is 21.0. The monoisotopic (exact) mass is 499 g/mol. The molecule has 12 heteroatoms. The van der Waals surface area contributed by atoms with Gasteiger partial charge in [-0.05, 0) is 24.8 Å². The van der Waals surface area contributed by atoms with Crippen molar-refractivity contribution in [3.63, 3.8) is 0 Å². The minimum absolute atomic E-state index is 0.0468. The number of nitrogens with zero attached hydrogens (tertiary/aromatic N) is 4. The average molecular weight is 500 g/mol. The van der Waals surface area contributed by atoms with Crippen LogP contribution in [0.25, 0.3) is 11.0 Å². The molecule has 1 saturated carbocycles. The van der Waals surface area contributed by atoms with Crippen molar-refractivity contribution in [2.75, 3.05) is 24.7 Å². The molecule has 0 bridgehead atoms. The summed E-state index contributed by atoms with van der Waals surface area (Å²) in [6.45, 7) is 1.30. The van der Waals surface area contributed by atoms with E-state index in [4.69, 9.17) is 4.74 Å². The molecule has 0 saturated heterocycles. The number of nitrogens with one attached hydrogen (secondary N) is 3. The number of aliphatic hydroxyl groups excluding tert-OH is 1. The topological polar surface area (TPSA) is 134 Å². The van der Waals surface area contributed by atoms with Crippen LogP contribution in [0.2, 0.25) is 0 Å². The third-order valence-electron chi connectivity index (χ3n) is 6.33. The molecule has 4 heterocycles. The highest BCUT2D eigenvalue weighted by Crippen LogP contribution is 2.29. The van der Waals surface area contributed by atoms with Gasteiger partial charge in [-0.1, -0.05) is 11.8 Å². The van der Waals surface area contributed by atoms with E-state index < -0.39 is 11.9 Å². The molecular weight excluding hydrogens is 473 g/mol. The summed E-state index contributed by atoms with van der Waals surface area (Å²) in [5.74, 6) is 0.761. The molecule has 0 aromatic carbocycles.